The van der Waals surface area contributed by atoms with Gasteiger partial charge in [-0.15, -0.1) is 0 Å². The van der Waals surface area contributed by atoms with Crippen molar-refractivity contribution < 1.29 is 14.3 Å². The number of amides is 1. The zero-order chi connectivity index (χ0) is 28.8. The maximum absolute atomic E-state index is 12.3. The van der Waals surface area contributed by atoms with Crippen LogP contribution in [-0.2, 0) is 4.79 Å². The zero-order valence-electron chi connectivity index (χ0n) is 23.1. The predicted molar refractivity (Wildman–Crippen MR) is 164 cm³/mol. The number of nitrogens with one attached hydrogen (secondary N) is 2. The fourth-order valence-electron chi connectivity index (χ4n) is 5.49. The lowest BCUT2D eigenvalue weighted by Gasteiger charge is -2.28. The minimum atomic E-state index is -0.224. The quantitative estimate of drug-likeness (QED) is 0.245. The van der Waals surface area contributed by atoms with Crippen LogP contribution in [0.2, 0.25) is 5.02 Å². The molecule has 4 aromatic rings. The van der Waals surface area contributed by atoms with E-state index in [0.29, 0.717) is 15.8 Å². The summed E-state index contributed by atoms with van der Waals surface area (Å²) in [5, 5.41) is 7.41. The molecule has 2 aliphatic heterocycles. The third-order valence-corrected chi connectivity index (χ3v) is 8.14. The lowest BCUT2D eigenvalue weighted by molar-refractivity contribution is -0.118. The van der Waals surface area contributed by atoms with Crippen molar-refractivity contribution in [1.29, 1.82) is 0 Å². The van der Waals surface area contributed by atoms with Crippen LogP contribution in [0.4, 0.5) is 11.4 Å². The number of rotatable bonds is 6. The summed E-state index contributed by atoms with van der Waals surface area (Å²) in [5.74, 6) is 1.22. The Balaban J connectivity index is 1.44. The third-order valence-electron chi connectivity index (χ3n) is 7.51. The largest absolute Gasteiger partial charge is 0.454 e. The van der Waals surface area contributed by atoms with Gasteiger partial charge in [-0.25, -0.2) is 0 Å². The molecule has 2 aliphatic rings. The van der Waals surface area contributed by atoms with E-state index in [9.17, 15) is 4.79 Å². The van der Waals surface area contributed by atoms with Crippen LogP contribution in [0.5, 0.6) is 11.5 Å². The number of anilines is 2. The molecule has 2 unspecified atom stereocenters. The second-order valence-electron chi connectivity index (χ2n) is 10.5. The molecule has 2 aromatic heterocycles. The molecule has 4 heterocycles. The number of hydrogen-bond donors (Lipinski definition) is 2. The molecule has 8 nitrogen and oxygen atoms in total. The zero-order valence-corrected chi connectivity index (χ0v) is 24.7. The van der Waals surface area contributed by atoms with E-state index < -0.39 is 0 Å². The number of carbonyl (C=O) groups is 1. The van der Waals surface area contributed by atoms with Crippen LogP contribution in [-0.4, -0.2) is 27.4 Å². The van der Waals surface area contributed by atoms with Crippen LogP contribution in [0.3, 0.4) is 0 Å². The SMILES string of the molecule is Cc1cc(C2C(c3ccccn3)NC(=S)N2c2ccc(NC(=O)C(C)C)c(Cl)c2)c(C)n1-c1ccc2c(c1)OCO2. The molecule has 1 amide bonds. The number of benzene rings is 2. The number of nitrogens with zero attached hydrogens (tertiary/aromatic N) is 3. The van der Waals surface area contributed by atoms with Crippen molar-refractivity contribution in [3.63, 3.8) is 0 Å². The minimum absolute atomic E-state index is 0.0953. The second kappa shape index (κ2) is 10.7. The first-order chi connectivity index (χ1) is 19.7. The van der Waals surface area contributed by atoms with E-state index in [1.54, 1.807) is 6.20 Å². The van der Waals surface area contributed by atoms with Crippen LogP contribution >= 0.6 is 23.8 Å². The first-order valence-electron chi connectivity index (χ1n) is 13.4. The van der Waals surface area contributed by atoms with Crippen LogP contribution in [0, 0.1) is 19.8 Å². The number of aromatic nitrogens is 2. The summed E-state index contributed by atoms with van der Waals surface area (Å²) in [7, 11) is 0. The normalized spacial score (nSPS) is 17.7. The van der Waals surface area contributed by atoms with Crippen molar-refractivity contribution >= 4 is 46.2 Å². The second-order valence-corrected chi connectivity index (χ2v) is 11.3. The molecule has 210 valence electrons. The van der Waals surface area contributed by atoms with Gasteiger partial charge in [-0.05, 0) is 80.2 Å². The maximum Gasteiger partial charge on any atom is 0.231 e. The highest BCUT2D eigenvalue weighted by molar-refractivity contribution is 7.80. The molecule has 41 heavy (non-hydrogen) atoms. The molecule has 2 N–H and O–H groups in total. The Hall–Kier alpha value is -4.08. The van der Waals surface area contributed by atoms with E-state index in [0.717, 1.165) is 45.5 Å². The van der Waals surface area contributed by atoms with Gasteiger partial charge in [0.25, 0.3) is 0 Å². The maximum atomic E-state index is 12.3. The van der Waals surface area contributed by atoms with Gasteiger partial charge in [-0.3, -0.25) is 9.78 Å². The van der Waals surface area contributed by atoms with E-state index in [1.165, 1.54) is 0 Å². The van der Waals surface area contributed by atoms with Gasteiger partial charge in [0.15, 0.2) is 16.6 Å². The Morgan fingerprint density at radius 3 is 2.59 bits per heavy atom. The van der Waals surface area contributed by atoms with Gasteiger partial charge in [-0.1, -0.05) is 31.5 Å². The van der Waals surface area contributed by atoms with Crippen molar-refractivity contribution in [3.8, 4) is 17.2 Å². The smallest absolute Gasteiger partial charge is 0.231 e. The van der Waals surface area contributed by atoms with E-state index in [2.05, 4.69) is 45.0 Å². The number of ether oxygens (including phenoxy) is 2. The Morgan fingerprint density at radius 2 is 1.85 bits per heavy atom. The molecule has 6 rings (SSSR count). The molecule has 1 fully saturated rings. The van der Waals surface area contributed by atoms with Gasteiger partial charge < -0.3 is 29.6 Å². The number of carbonyl (C=O) groups excluding carboxylic acids is 1. The van der Waals surface area contributed by atoms with Gasteiger partial charge in [0.2, 0.25) is 12.7 Å². The van der Waals surface area contributed by atoms with Gasteiger partial charge in [0.1, 0.15) is 0 Å². The molecule has 0 radical (unpaired) electrons. The van der Waals surface area contributed by atoms with Crippen LogP contribution < -0.4 is 25.0 Å². The number of fused-ring (bicyclic) bond motifs is 1. The molecule has 0 spiro atoms. The van der Waals surface area contributed by atoms with Gasteiger partial charge >= 0.3 is 0 Å². The molecular formula is C31H30ClN5O3S. The van der Waals surface area contributed by atoms with Crippen molar-refractivity contribution in [2.75, 3.05) is 17.0 Å². The molecule has 0 aliphatic carbocycles. The predicted octanol–water partition coefficient (Wildman–Crippen LogP) is 6.64. The average molecular weight is 588 g/mol. The van der Waals surface area contributed by atoms with Crippen molar-refractivity contribution in [1.82, 2.24) is 14.9 Å². The number of halogens is 1. The van der Waals surface area contributed by atoms with Crippen LogP contribution in [0.15, 0.2) is 66.9 Å². The lowest BCUT2D eigenvalue weighted by Crippen LogP contribution is -2.29. The number of thiocarbonyl (C=S) groups is 1. The summed E-state index contributed by atoms with van der Waals surface area (Å²) in [4.78, 5) is 19.1. The fraction of sp³-hybridized carbons (Fsp3) is 0.258. The Morgan fingerprint density at radius 1 is 1.07 bits per heavy atom. The van der Waals surface area contributed by atoms with Gasteiger partial charge in [0.05, 0.1) is 28.5 Å². The Labute approximate surface area is 249 Å². The summed E-state index contributed by atoms with van der Waals surface area (Å²) >= 11 is 12.6. The number of aryl methyl sites for hydroxylation is 1. The third kappa shape index (κ3) is 4.89. The molecule has 2 atom stereocenters. The Kier molecular flexibility index (Phi) is 7.09. The van der Waals surface area contributed by atoms with E-state index >= 15 is 0 Å². The summed E-state index contributed by atoms with van der Waals surface area (Å²) in [6.45, 7) is 8.11. The lowest BCUT2D eigenvalue weighted by atomic mass is 9.96. The van der Waals surface area contributed by atoms with Crippen LogP contribution in [0.25, 0.3) is 5.69 Å². The number of hydrogen-bond acceptors (Lipinski definition) is 5. The molecule has 10 heteroatoms. The number of pyridine rings is 1. The first kappa shape index (κ1) is 27.1. The highest BCUT2D eigenvalue weighted by atomic mass is 35.5. The average Bonchev–Trinajstić information content (AvgIpc) is 3.64. The van der Waals surface area contributed by atoms with Gasteiger partial charge in [-0.2, -0.15) is 0 Å². The standard InChI is InChI=1S/C31H30ClN5O3S/c1-17(2)30(38)34-24-10-8-20(14-23(24)32)37-29(28(35-31(37)41)25-7-5-6-12-33-25)22-13-18(3)36(19(22)4)21-9-11-26-27(15-21)40-16-39-26/h5-15,17,28-29H,16H2,1-4H3,(H,34,38)(H,35,41). The fourth-order valence-corrected chi connectivity index (χ4v) is 6.06. The summed E-state index contributed by atoms with van der Waals surface area (Å²) in [5.41, 5.74) is 6.46. The first-order valence-corrected chi connectivity index (χ1v) is 14.2. The van der Waals surface area contributed by atoms with Crippen LogP contribution in [0.1, 0.15) is 48.6 Å². The Bertz CT molecular complexity index is 1660. The highest BCUT2D eigenvalue weighted by Crippen LogP contribution is 2.45. The topological polar surface area (TPSA) is 80.7 Å². The van der Waals surface area contributed by atoms with Crippen molar-refractivity contribution in [2.24, 2.45) is 5.92 Å². The van der Waals surface area contributed by atoms with E-state index in [-0.39, 0.29) is 30.7 Å². The van der Waals surface area contributed by atoms with Gasteiger partial charge in [0, 0.05) is 40.9 Å². The monoisotopic (exact) mass is 587 g/mol. The molecule has 1 saturated heterocycles. The van der Waals surface area contributed by atoms with Crippen molar-refractivity contribution in [2.45, 2.75) is 39.8 Å². The molecule has 0 saturated carbocycles. The highest BCUT2D eigenvalue weighted by Gasteiger charge is 2.42. The minimum Gasteiger partial charge on any atom is -0.454 e. The molecule has 0 bridgehead atoms. The van der Waals surface area contributed by atoms with Crippen molar-refractivity contribution in [3.05, 3.63) is 94.5 Å². The summed E-state index contributed by atoms with van der Waals surface area (Å²) < 4.78 is 13.4. The summed E-state index contributed by atoms with van der Waals surface area (Å²) in [6, 6.07) is 19.2. The summed E-state index contributed by atoms with van der Waals surface area (Å²) in [6.07, 6.45) is 1.79. The molecular weight excluding hydrogens is 558 g/mol. The molecule has 2 aromatic carbocycles. The van der Waals surface area contributed by atoms with E-state index in [1.807, 2.05) is 68.4 Å². The van der Waals surface area contributed by atoms with E-state index in [4.69, 9.17) is 33.3 Å².